The molecule has 190 valence electrons. The van der Waals surface area contributed by atoms with Gasteiger partial charge in [0.05, 0.1) is 0 Å². The van der Waals surface area contributed by atoms with Crippen LogP contribution < -0.4 is 11.5 Å². The molecule has 7 nitrogen and oxygen atoms in total. The molecule has 1 aromatic rings. The molecule has 1 aliphatic heterocycles. The molecule has 1 aliphatic rings. The zero-order chi connectivity index (χ0) is 25.1. The minimum absolute atomic E-state index is 0.253. The van der Waals surface area contributed by atoms with Gasteiger partial charge in [0, 0.05) is 22.0 Å². The number of hydrogen-bond acceptors (Lipinski definition) is 5. The van der Waals surface area contributed by atoms with Gasteiger partial charge in [-0.2, -0.15) is 0 Å². The summed E-state index contributed by atoms with van der Waals surface area (Å²) in [5, 5.41) is 0. The Morgan fingerprint density at radius 2 is 1.29 bits per heavy atom. The van der Waals surface area contributed by atoms with Crippen molar-refractivity contribution in [2.45, 2.75) is 71.1 Å². The number of nitrogens with two attached hydrogens (primary N) is 2. The summed E-state index contributed by atoms with van der Waals surface area (Å²) >= 11 is 7.04. The smallest absolute Gasteiger partial charge is 0.330 e. The van der Waals surface area contributed by atoms with Crippen molar-refractivity contribution in [3.63, 3.8) is 0 Å². The zero-order valence-corrected chi connectivity index (χ0v) is 23.3. The van der Waals surface area contributed by atoms with Gasteiger partial charge in [0.2, 0.25) is 11.8 Å². The van der Waals surface area contributed by atoms with Crippen LogP contribution in [0.25, 0.3) is 0 Å². The molecule has 0 atom stereocenters. The molecule has 0 aliphatic carbocycles. The van der Waals surface area contributed by atoms with Crippen molar-refractivity contribution in [3.8, 4) is 0 Å². The predicted molar refractivity (Wildman–Crippen MR) is 142 cm³/mol. The molecular formula is C25H38Br2N4O3. The van der Waals surface area contributed by atoms with Crippen molar-refractivity contribution in [1.82, 2.24) is 9.80 Å². The number of halogens is 2. The number of carbonyl (C=O) groups excluding carboxylic acids is 3. The highest BCUT2D eigenvalue weighted by atomic mass is 79.9. The highest BCUT2D eigenvalue weighted by Crippen LogP contribution is 2.39. The molecule has 0 saturated carbocycles. The van der Waals surface area contributed by atoms with Gasteiger partial charge >= 0.3 is 6.03 Å². The van der Waals surface area contributed by atoms with Gasteiger partial charge in [-0.3, -0.25) is 19.4 Å². The third-order valence-electron chi connectivity index (χ3n) is 6.33. The first kappa shape index (κ1) is 28.9. The van der Waals surface area contributed by atoms with Crippen LogP contribution in [-0.4, -0.2) is 53.8 Å². The summed E-state index contributed by atoms with van der Waals surface area (Å²) in [5.41, 5.74) is 10.9. The van der Waals surface area contributed by atoms with Gasteiger partial charge in [0.15, 0.2) is 0 Å². The van der Waals surface area contributed by atoms with Crippen LogP contribution in [0, 0.1) is 5.41 Å². The Morgan fingerprint density at radius 1 is 0.765 bits per heavy atom. The molecular weight excluding hydrogens is 564 g/mol. The number of rotatable bonds is 15. The standard InChI is InChI=1S/C25H38Br2N4O3/c1-2-3-4-5-10-25(18-19-15-20(26)17-21(27)16-19)22(32)30(13-8-6-11-28)24(34)31(23(25)33)14-9-7-12-29/h15-17H,2-14,18,28-29H2,1H3. The predicted octanol–water partition coefficient (Wildman–Crippen LogP) is 4.98. The van der Waals surface area contributed by atoms with E-state index in [1.54, 1.807) is 0 Å². The summed E-state index contributed by atoms with van der Waals surface area (Å²) in [6.07, 6.45) is 7.12. The van der Waals surface area contributed by atoms with Gasteiger partial charge in [-0.05, 0) is 75.4 Å². The largest absolute Gasteiger partial charge is 0.333 e. The first-order chi connectivity index (χ1) is 16.3. The first-order valence-corrected chi connectivity index (χ1v) is 13.9. The zero-order valence-electron chi connectivity index (χ0n) is 20.2. The van der Waals surface area contributed by atoms with Gasteiger partial charge in [-0.25, -0.2) is 4.79 Å². The SMILES string of the molecule is CCCCCCC1(Cc2cc(Br)cc(Br)c2)C(=O)N(CCCCN)C(=O)N(CCCCN)C1=O. The van der Waals surface area contributed by atoms with E-state index in [1.807, 2.05) is 18.2 Å². The van der Waals surface area contributed by atoms with Crippen molar-refractivity contribution in [2.24, 2.45) is 16.9 Å². The Bertz CT molecular complexity index is 797. The average molecular weight is 602 g/mol. The van der Waals surface area contributed by atoms with Crippen molar-refractivity contribution in [3.05, 3.63) is 32.7 Å². The quantitative estimate of drug-likeness (QED) is 0.218. The van der Waals surface area contributed by atoms with E-state index >= 15 is 0 Å². The maximum absolute atomic E-state index is 14.0. The fourth-order valence-electron chi connectivity index (χ4n) is 4.52. The molecule has 4 N–H and O–H groups in total. The molecule has 4 amide bonds. The molecule has 0 bridgehead atoms. The van der Waals surface area contributed by atoms with E-state index in [9.17, 15) is 14.4 Å². The molecule has 0 unspecified atom stereocenters. The molecule has 1 aromatic carbocycles. The number of benzene rings is 1. The van der Waals surface area contributed by atoms with Gasteiger partial charge in [-0.15, -0.1) is 0 Å². The van der Waals surface area contributed by atoms with E-state index in [0.717, 1.165) is 40.2 Å². The maximum Gasteiger partial charge on any atom is 0.333 e. The summed E-state index contributed by atoms with van der Waals surface area (Å²) in [6, 6.07) is 5.28. The molecule has 9 heteroatoms. The summed E-state index contributed by atoms with van der Waals surface area (Å²) in [6.45, 7) is 3.65. The Hall–Kier alpha value is -1.29. The molecule has 1 saturated heterocycles. The number of urea groups is 1. The van der Waals surface area contributed by atoms with Crippen LogP contribution in [0.3, 0.4) is 0 Å². The van der Waals surface area contributed by atoms with Gasteiger partial charge in [0.25, 0.3) is 0 Å². The van der Waals surface area contributed by atoms with Gasteiger partial charge in [0.1, 0.15) is 5.41 Å². The summed E-state index contributed by atoms with van der Waals surface area (Å²) in [7, 11) is 0. The third kappa shape index (κ3) is 7.35. The van der Waals surface area contributed by atoms with Crippen LogP contribution in [0.1, 0.15) is 70.3 Å². The van der Waals surface area contributed by atoms with Crippen LogP contribution in [0.4, 0.5) is 4.79 Å². The van der Waals surface area contributed by atoms with E-state index in [-0.39, 0.29) is 31.3 Å². The highest BCUT2D eigenvalue weighted by Gasteiger charge is 2.56. The van der Waals surface area contributed by atoms with E-state index in [4.69, 9.17) is 11.5 Å². The third-order valence-corrected chi connectivity index (χ3v) is 7.24. The van der Waals surface area contributed by atoms with Crippen molar-refractivity contribution in [2.75, 3.05) is 26.2 Å². The van der Waals surface area contributed by atoms with E-state index in [1.165, 1.54) is 9.80 Å². The number of carbonyl (C=O) groups is 3. The van der Waals surface area contributed by atoms with Crippen LogP contribution in [0.2, 0.25) is 0 Å². The number of amides is 4. The van der Waals surface area contributed by atoms with Gasteiger partial charge < -0.3 is 11.5 Å². The van der Waals surface area contributed by atoms with Gasteiger partial charge in [-0.1, -0.05) is 64.5 Å². The fourth-order valence-corrected chi connectivity index (χ4v) is 5.91. The number of hydrogen-bond donors (Lipinski definition) is 2. The Morgan fingerprint density at radius 3 is 1.76 bits per heavy atom. The minimum atomic E-state index is -1.30. The molecule has 0 radical (unpaired) electrons. The van der Waals surface area contributed by atoms with E-state index in [0.29, 0.717) is 45.2 Å². The normalized spacial score (nSPS) is 16.0. The number of unbranched alkanes of at least 4 members (excludes halogenated alkanes) is 5. The highest BCUT2D eigenvalue weighted by molar-refractivity contribution is 9.11. The molecule has 0 spiro atoms. The lowest BCUT2D eigenvalue weighted by molar-refractivity contribution is -0.159. The lowest BCUT2D eigenvalue weighted by Gasteiger charge is -2.44. The second-order valence-corrected chi connectivity index (χ2v) is 10.9. The average Bonchev–Trinajstić information content (AvgIpc) is 2.79. The Kier molecular flexibility index (Phi) is 12.2. The van der Waals surface area contributed by atoms with Crippen molar-refractivity contribution in [1.29, 1.82) is 0 Å². The monoisotopic (exact) mass is 600 g/mol. The van der Waals surface area contributed by atoms with Crippen molar-refractivity contribution >= 4 is 49.7 Å². The topological polar surface area (TPSA) is 110 Å². The van der Waals surface area contributed by atoms with Crippen LogP contribution >= 0.6 is 31.9 Å². The number of nitrogens with zero attached hydrogens (tertiary/aromatic N) is 2. The minimum Gasteiger partial charge on any atom is -0.330 e. The Balaban J connectivity index is 2.49. The molecule has 1 fully saturated rings. The Labute approximate surface area is 220 Å². The molecule has 0 aromatic heterocycles. The molecule has 2 rings (SSSR count). The fraction of sp³-hybridized carbons (Fsp3) is 0.640. The molecule has 34 heavy (non-hydrogen) atoms. The van der Waals surface area contributed by atoms with Crippen LogP contribution in [0.15, 0.2) is 27.1 Å². The van der Waals surface area contributed by atoms with E-state index < -0.39 is 11.4 Å². The lowest BCUT2D eigenvalue weighted by atomic mass is 9.73. The first-order valence-electron chi connectivity index (χ1n) is 12.3. The van der Waals surface area contributed by atoms with Crippen LogP contribution in [-0.2, 0) is 16.0 Å². The van der Waals surface area contributed by atoms with E-state index in [2.05, 4.69) is 38.8 Å². The molecule has 1 heterocycles. The second-order valence-electron chi connectivity index (χ2n) is 9.03. The summed E-state index contributed by atoms with van der Waals surface area (Å²) < 4.78 is 1.73. The number of imide groups is 2. The maximum atomic E-state index is 14.0. The summed E-state index contributed by atoms with van der Waals surface area (Å²) in [4.78, 5) is 43.8. The number of barbiturate groups is 1. The summed E-state index contributed by atoms with van der Waals surface area (Å²) in [5.74, 6) is -0.746. The second kappa shape index (κ2) is 14.3. The van der Waals surface area contributed by atoms with Crippen molar-refractivity contribution < 1.29 is 14.4 Å². The van der Waals surface area contributed by atoms with Crippen LogP contribution in [0.5, 0.6) is 0 Å². The lowest BCUT2D eigenvalue weighted by Crippen LogP contribution is -2.66.